The van der Waals surface area contributed by atoms with Crippen molar-refractivity contribution in [1.82, 2.24) is 10.2 Å². The van der Waals surface area contributed by atoms with Crippen LogP contribution in [0.1, 0.15) is 27.2 Å². The molecule has 2 heteroatoms. The number of rotatable bonds is 1. The van der Waals surface area contributed by atoms with Gasteiger partial charge in [0.25, 0.3) is 0 Å². The zero-order valence-corrected chi connectivity index (χ0v) is 8.15. The molecule has 0 saturated carbocycles. The molecular weight excluding hydrogens is 136 g/mol. The van der Waals surface area contributed by atoms with Crippen LogP contribution in [-0.4, -0.2) is 36.6 Å². The van der Waals surface area contributed by atoms with E-state index < -0.39 is 0 Å². The van der Waals surface area contributed by atoms with Gasteiger partial charge in [-0.25, -0.2) is 0 Å². The Morgan fingerprint density at radius 3 is 2.73 bits per heavy atom. The van der Waals surface area contributed by atoms with Crippen molar-refractivity contribution in [3.05, 3.63) is 0 Å². The summed E-state index contributed by atoms with van der Waals surface area (Å²) in [5, 5.41) is 3.58. The van der Waals surface area contributed by atoms with Gasteiger partial charge in [-0.05, 0) is 27.3 Å². The second-order valence-corrected chi connectivity index (χ2v) is 4.06. The molecule has 0 spiro atoms. The van der Waals surface area contributed by atoms with Gasteiger partial charge in [0.2, 0.25) is 0 Å². The highest BCUT2D eigenvalue weighted by molar-refractivity contribution is 4.91. The second kappa shape index (κ2) is 3.11. The van der Waals surface area contributed by atoms with E-state index in [2.05, 4.69) is 38.0 Å². The molecule has 0 aromatic heterocycles. The molecule has 2 nitrogen and oxygen atoms in total. The smallest absolute Gasteiger partial charge is 0.0278 e. The highest BCUT2D eigenvalue weighted by Gasteiger charge is 2.29. The van der Waals surface area contributed by atoms with E-state index in [1.54, 1.807) is 0 Å². The Morgan fingerprint density at radius 2 is 2.27 bits per heavy atom. The number of nitrogens with zero attached hydrogens (tertiary/aromatic N) is 1. The molecule has 2 atom stereocenters. The van der Waals surface area contributed by atoms with Gasteiger partial charge in [0.05, 0.1) is 0 Å². The van der Waals surface area contributed by atoms with E-state index in [9.17, 15) is 0 Å². The Kier molecular flexibility index (Phi) is 2.55. The third kappa shape index (κ3) is 1.94. The number of hydrogen-bond acceptors (Lipinski definition) is 2. The summed E-state index contributed by atoms with van der Waals surface area (Å²) in [5.74, 6) is 0. The normalized spacial score (nSPS) is 40.9. The fourth-order valence-corrected chi connectivity index (χ4v) is 1.55. The Bertz CT molecular complexity index is 136. The molecule has 0 bridgehead atoms. The lowest BCUT2D eigenvalue weighted by Gasteiger charge is -2.43. The van der Waals surface area contributed by atoms with Crippen LogP contribution in [0.5, 0.6) is 0 Å². The SMILES string of the molecule is CCC1(C)CN(C)C(C)CN1. The maximum atomic E-state index is 3.58. The van der Waals surface area contributed by atoms with Gasteiger partial charge in [-0.1, -0.05) is 6.92 Å². The first-order valence-corrected chi connectivity index (χ1v) is 4.53. The fourth-order valence-electron chi connectivity index (χ4n) is 1.55. The van der Waals surface area contributed by atoms with E-state index in [1.807, 2.05) is 0 Å². The van der Waals surface area contributed by atoms with E-state index in [0.29, 0.717) is 11.6 Å². The zero-order valence-electron chi connectivity index (χ0n) is 8.15. The Balaban J connectivity index is 2.51. The van der Waals surface area contributed by atoms with Gasteiger partial charge in [-0.15, -0.1) is 0 Å². The largest absolute Gasteiger partial charge is 0.309 e. The molecule has 1 fully saturated rings. The van der Waals surface area contributed by atoms with Crippen molar-refractivity contribution in [3.8, 4) is 0 Å². The van der Waals surface area contributed by atoms with Gasteiger partial charge < -0.3 is 10.2 Å². The van der Waals surface area contributed by atoms with Gasteiger partial charge in [-0.3, -0.25) is 0 Å². The maximum absolute atomic E-state index is 3.58. The van der Waals surface area contributed by atoms with Crippen LogP contribution in [0.3, 0.4) is 0 Å². The molecule has 0 aromatic carbocycles. The molecule has 2 unspecified atom stereocenters. The van der Waals surface area contributed by atoms with Crippen LogP contribution in [0.15, 0.2) is 0 Å². The maximum Gasteiger partial charge on any atom is 0.0278 e. The van der Waals surface area contributed by atoms with E-state index in [-0.39, 0.29) is 0 Å². The summed E-state index contributed by atoms with van der Waals surface area (Å²) in [5.41, 5.74) is 0.348. The van der Waals surface area contributed by atoms with Crippen molar-refractivity contribution in [1.29, 1.82) is 0 Å². The standard InChI is InChI=1S/C9H20N2/c1-5-9(3)7-11(4)8(2)6-10-9/h8,10H,5-7H2,1-4H3. The summed E-state index contributed by atoms with van der Waals surface area (Å²) < 4.78 is 0. The molecule has 1 aliphatic heterocycles. The molecule has 0 radical (unpaired) electrons. The topological polar surface area (TPSA) is 15.3 Å². The predicted octanol–water partition coefficient (Wildman–Crippen LogP) is 1.08. The summed E-state index contributed by atoms with van der Waals surface area (Å²) in [4.78, 5) is 2.43. The molecule has 1 aliphatic rings. The van der Waals surface area contributed by atoms with Crippen molar-refractivity contribution in [2.24, 2.45) is 0 Å². The predicted molar refractivity (Wildman–Crippen MR) is 48.8 cm³/mol. The summed E-state index contributed by atoms with van der Waals surface area (Å²) in [6.45, 7) is 9.11. The van der Waals surface area contributed by atoms with Crippen LogP contribution >= 0.6 is 0 Å². The number of piperazine rings is 1. The summed E-state index contributed by atoms with van der Waals surface area (Å²) in [6.07, 6.45) is 1.21. The van der Waals surface area contributed by atoms with Crippen molar-refractivity contribution < 1.29 is 0 Å². The van der Waals surface area contributed by atoms with Crippen LogP contribution < -0.4 is 5.32 Å². The van der Waals surface area contributed by atoms with Gasteiger partial charge in [0.15, 0.2) is 0 Å². The van der Waals surface area contributed by atoms with Crippen molar-refractivity contribution in [3.63, 3.8) is 0 Å². The van der Waals surface area contributed by atoms with Gasteiger partial charge >= 0.3 is 0 Å². The average Bonchev–Trinajstić information content (AvgIpc) is 1.98. The summed E-state index contributed by atoms with van der Waals surface area (Å²) in [7, 11) is 2.21. The quantitative estimate of drug-likeness (QED) is 0.611. The lowest BCUT2D eigenvalue weighted by molar-refractivity contribution is 0.119. The number of likely N-dealkylation sites (N-methyl/N-ethyl adjacent to an activating group) is 1. The van der Waals surface area contributed by atoms with Crippen molar-refractivity contribution in [2.75, 3.05) is 20.1 Å². The third-order valence-corrected chi connectivity index (χ3v) is 2.96. The highest BCUT2D eigenvalue weighted by atomic mass is 15.2. The first-order valence-electron chi connectivity index (χ1n) is 4.53. The van der Waals surface area contributed by atoms with Gasteiger partial charge in [0, 0.05) is 24.7 Å². The number of hydrogen-bond donors (Lipinski definition) is 1. The minimum absolute atomic E-state index is 0.348. The van der Waals surface area contributed by atoms with Crippen LogP contribution in [0.25, 0.3) is 0 Å². The van der Waals surface area contributed by atoms with Crippen LogP contribution in [-0.2, 0) is 0 Å². The van der Waals surface area contributed by atoms with Gasteiger partial charge in [0.1, 0.15) is 0 Å². The molecule has 1 N–H and O–H groups in total. The first-order chi connectivity index (χ1) is 5.07. The van der Waals surface area contributed by atoms with Crippen LogP contribution in [0, 0.1) is 0 Å². The molecule has 0 aromatic rings. The lowest BCUT2D eigenvalue weighted by atomic mass is 9.94. The molecule has 1 heterocycles. The lowest BCUT2D eigenvalue weighted by Crippen LogP contribution is -2.60. The Labute approximate surface area is 70.0 Å². The third-order valence-electron chi connectivity index (χ3n) is 2.96. The molecule has 0 amide bonds. The molecule has 0 aliphatic carbocycles. The number of nitrogens with one attached hydrogen (secondary N) is 1. The molecule has 1 rings (SSSR count). The molecule has 66 valence electrons. The minimum atomic E-state index is 0.348. The first kappa shape index (κ1) is 9.01. The molecule has 11 heavy (non-hydrogen) atoms. The molecule has 1 saturated heterocycles. The second-order valence-electron chi connectivity index (χ2n) is 4.06. The minimum Gasteiger partial charge on any atom is -0.309 e. The summed E-state index contributed by atoms with van der Waals surface area (Å²) in [6, 6.07) is 0.689. The van der Waals surface area contributed by atoms with Crippen LogP contribution in [0.4, 0.5) is 0 Å². The van der Waals surface area contributed by atoms with Gasteiger partial charge in [-0.2, -0.15) is 0 Å². The Hall–Kier alpha value is -0.0800. The molecular formula is C9H20N2. The van der Waals surface area contributed by atoms with E-state index >= 15 is 0 Å². The van der Waals surface area contributed by atoms with Crippen molar-refractivity contribution in [2.45, 2.75) is 38.8 Å². The highest BCUT2D eigenvalue weighted by Crippen LogP contribution is 2.16. The van der Waals surface area contributed by atoms with E-state index in [4.69, 9.17) is 0 Å². The summed E-state index contributed by atoms with van der Waals surface area (Å²) >= 11 is 0. The average molecular weight is 156 g/mol. The fraction of sp³-hybridized carbons (Fsp3) is 1.00. The van der Waals surface area contributed by atoms with Crippen LogP contribution in [0.2, 0.25) is 0 Å². The monoisotopic (exact) mass is 156 g/mol. The van der Waals surface area contributed by atoms with E-state index in [1.165, 1.54) is 13.0 Å². The van der Waals surface area contributed by atoms with Crippen molar-refractivity contribution >= 4 is 0 Å². The van der Waals surface area contributed by atoms with E-state index in [0.717, 1.165) is 6.54 Å². The Morgan fingerprint density at radius 1 is 1.64 bits per heavy atom. The zero-order chi connectivity index (χ0) is 8.48.